The van der Waals surface area contributed by atoms with Crippen LogP contribution in [0.2, 0.25) is 0 Å². The van der Waals surface area contributed by atoms with Crippen LogP contribution in [-0.2, 0) is 19.4 Å². The average molecular weight is 528 g/mol. The van der Waals surface area contributed by atoms with Crippen molar-refractivity contribution in [2.75, 3.05) is 19.7 Å². The van der Waals surface area contributed by atoms with E-state index in [9.17, 15) is 5.11 Å². The lowest BCUT2D eigenvalue weighted by Gasteiger charge is -2.25. The smallest absolute Gasteiger partial charge is 0.191 e. The third kappa shape index (κ3) is 7.12. The summed E-state index contributed by atoms with van der Waals surface area (Å²) < 4.78 is 7.66. The summed E-state index contributed by atoms with van der Waals surface area (Å²) in [6, 6.07) is 8.02. The molecule has 1 aromatic carbocycles. The van der Waals surface area contributed by atoms with Crippen LogP contribution < -0.4 is 15.4 Å². The van der Waals surface area contributed by atoms with Gasteiger partial charge in [0.15, 0.2) is 11.8 Å². The fourth-order valence-electron chi connectivity index (χ4n) is 3.29. The van der Waals surface area contributed by atoms with E-state index in [0.29, 0.717) is 5.96 Å². The van der Waals surface area contributed by atoms with Crippen molar-refractivity contribution in [1.29, 1.82) is 0 Å². The van der Waals surface area contributed by atoms with E-state index in [-0.39, 0.29) is 43.2 Å². The van der Waals surface area contributed by atoms with Crippen molar-refractivity contribution < 1.29 is 9.84 Å². The Morgan fingerprint density at radius 1 is 1.40 bits per heavy atom. The van der Waals surface area contributed by atoms with Crippen molar-refractivity contribution in [2.24, 2.45) is 4.99 Å². The number of guanidine groups is 1. The van der Waals surface area contributed by atoms with E-state index >= 15 is 0 Å². The number of fused-ring (bicyclic) bond motifs is 1. The van der Waals surface area contributed by atoms with Crippen molar-refractivity contribution in [2.45, 2.75) is 58.7 Å². The maximum atomic E-state index is 10.3. The normalized spacial score (nSPS) is 16.9. The molecule has 0 bridgehead atoms. The second-order valence-corrected chi connectivity index (χ2v) is 7.36. The van der Waals surface area contributed by atoms with Crippen molar-refractivity contribution in [3.63, 3.8) is 0 Å². The molecule has 9 heteroatoms. The van der Waals surface area contributed by atoms with E-state index in [2.05, 4.69) is 32.6 Å². The molecule has 3 rings (SSSR count). The SMILES string of the molecule is CCNC(=NCC(O)COc1cccc(C)c1)NC1CCc2nc(CC)nn2C1.I. The predicted molar refractivity (Wildman–Crippen MR) is 129 cm³/mol. The van der Waals surface area contributed by atoms with Gasteiger partial charge in [-0.15, -0.1) is 24.0 Å². The largest absolute Gasteiger partial charge is 0.491 e. The molecule has 0 aliphatic carbocycles. The van der Waals surface area contributed by atoms with Crippen LogP contribution in [0.3, 0.4) is 0 Å². The lowest BCUT2D eigenvalue weighted by atomic mass is 10.1. The summed E-state index contributed by atoms with van der Waals surface area (Å²) in [5.41, 5.74) is 1.13. The predicted octanol–water partition coefficient (Wildman–Crippen LogP) is 2.08. The molecule has 3 N–H and O–H groups in total. The number of rotatable bonds is 8. The summed E-state index contributed by atoms with van der Waals surface area (Å²) in [6.45, 7) is 8.10. The Hall–Kier alpha value is -1.88. The molecule has 0 saturated heterocycles. The molecule has 1 aliphatic rings. The fourth-order valence-corrected chi connectivity index (χ4v) is 3.29. The summed E-state index contributed by atoms with van der Waals surface area (Å²) in [7, 11) is 0. The number of halogens is 1. The standard InChI is InChI=1S/C21H32N6O2.HI/c1-4-19-25-20-10-9-16(13-27(20)26-19)24-21(22-5-2)23-12-17(28)14-29-18-8-6-7-15(3)11-18;/h6-8,11,16-17,28H,4-5,9-10,12-14H2,1-3H3,(H2,22,23,24);1H. The third-order valence-corrected chi connectivity index (χ3v) is 4.80. The number of aromatic nitrogens is 3. The summed E-state index contributed by atoms with van der Waals surface area (Å²) in [6.07, 6.45) is 2.05. The maximum absolute atomic E-state index is 10.3. The van der Waals surface area contributed by atoms with Gasteiger partial charge < -0.3 is 20.5 Å². The van der Waals surface area contributed by atoms with Crippen LogP contribution in [0.1, 0.15) is 37.5 Å². The fraction of sp³-hybridized carbons (Fsp3) is 0.571. The highest BCUT2D eigenvalue weighted by Gasteiger charge is 2.22. The molecule has 8 nitrogen and oxygen atoms in total. The lowest BCUT2D eigenvalue weighted by molar-refractivity contribution is 0.114. The molecular weight excluding hydrogens is 495 g/mol. The van der Waals surface area contributed by atoms with Crippen LogP contribution in [0.4, 0.5) is 0 Å². The number of hydrogen-bond acceptors (Lipinski definition) is 5. The minimum atomic E-state index is -0.675. The van der Waals surface area contributed by atoms with E-state index < -0.39 is 6.10 Å². The summed E-state index contributed by atoms with van der Waals surface area (Å²) >= 11 is 0. The van der Waals surface area contributed by atoms with E-state index in [4.69, 9.17) is 4.74 Å². The zero-order valence-corrected chi connectivity index (χ0v) is 20.3. The molecule has 1 aromatic heterocycles. The number of aliphatic imine (C=N–C) groups is 1. The van der Waals surface area contributed by atoms with Gasteiger partial charge in [-0.3, -0.25) is 4.99 Å². The highest BCUT2D eigenvalue weighted by molar-refractivity contribution is 14.0. The van der Waals surface area contributed by atoms with Crippen LogP contribution in [-0.4, -0.2) is 57.7 Å². The van der Waals surface area contributed by atoms with E-state index in [1.807, 2.05) is 42.8 Å². The van der Waals surface area contributed by atoms with Gasteiger partial charge in [-0.25, -0.2) is 9.67 Å². The van der Waals surface area contributed by atoms with Crippen LogP contribution in [0.15, 0.2) is 29.3 Å². The minimum Gasteiger partial charge on any atom is -0.491 e. The molecule has 2 unspecified atom stereocenters. The second kappa shape index (κ2) is 12.1. The average Bonchev–Trinajstić information content (AvgIpc) is 3.13. The van der Waals surface area contributed by atoms with Gasteiger partial charge in [0, 0.05) is 25.4 Å². The Morgan fingerprint density at radius 3 is 2.97 bits per heavy atom. The molecule has 2 aromatic rings. The van der Waals surface area contributed by atoms with Crippen LogP contribution in [0.5, 0.6) is 5.75 Å². The van der Waals surface area contributed by atoms with Crippen molar-refractivity contribution in [3.8, 4) is 5.75 Å². The number of ether oxygens (including phenoxy) is 1. The van der Waals surface area contributed by atoms with Gasteiger partial charge in [0.25, 0.3) is 0 Å². The molecule has 0 saturated carbocycles. The van der Waals surface area contributed by atoms with Crippen LogP contribution in [0.25, 0.3) is 0 Å². The van der Waals surface area contributed by atoms with Gasteiger partial charge in [-0.05, 0) is 38.0 Å². The Morgan fingerprint density at radius 2 is 2.23 bits per heavy atom. The highest BCUT2D eigenvalue weighted by atomic mass is 127. The van der Waals surface area contributed by atoms with E-state index in [1.165, 1.54) is 0 Å². The molecular formula is C21H33IN6O2. The zero-order chi connectivity index (χ0) is 20.6. The Kier molecular flexibility index (Phi) is 9.83. The van der Waals surface area contributed by atoms with Crippen LogP contribution >= 0.6 is 24.0 Å². The Balaban J connectivity index is 0.00000320. The van der Waals surface area contributed by atoms with Gasteiger partial charge in [-0.2, -0.15) is 5.10 Å². The number of hydrogen-bond donors (Lipinski definition) is 3. The van der Waals surface area contributed by atoms with Gasteiger partial charge >= 0.3 is 0 Å². The Labute approximate surface area is 195 Å². The topological polar surface area (TPSA) is 96.6 Å². The van der Waals surface area contributed by atoms with Gasteiger partial charge in [0.05, 0.1) is 13.1 Å². The molecule has 2 atom stereocenters. The first-order valence-corrected chi connectivity index (χ1v) is 10.4. The third-order valence-electron chi connectivity index (χ3n) is 4.80. The number of aliphatic hydroxyl groups is 1. The number of benzene rings is 1. The zero-order valence-electron chi connectivity index (χ0n) is 18.0. The molecule has 0 radical (unpaired) electrons. The van der Waals surface area contributed by atoms with Crippen LogP contribution in [0, 0.1) is 6.92 Å². The number of nitrogens with zero attached hydrogens (tertiary/aromatic N) is 4. The van der Waals surface area contributed by atoms with Gasteiger partial charge in [-0.1, -0.05) is 19.1 Å². The number of aryl methyl sites for hydroxylation is 3. The summed E-state index contributed by atoms with van der Waals surface area (Å²) in [5, 5.41) is 21.5. The van der Waals surface area contributed by atoms with Crippen molar-refractivity contribution in [1.82, 2.24) is 25.4 Å². The molecule has 0 spiro atoms. The quantitative estimate of drug-likeness (QED) is 0.276. The monoisotopic (exact) mass is 528 g/mol. The van der Waals surface area contributed by atoms with E-state index in [0.717, 1.165) is 55.3 Å². The summed E-state index contributed by atoms with van der Waals surface area (Å²) in [5.74, 6) is 3.42. The molecule has 0 fully saturated rings. The second-order valence-electron chi connectivity index (χ2n) is 7.36. The molecule has 1 aliphatic heterocycles. The summed E-state index contributed by atoms with van der Waals surface area (Å²) in [4.78, 5) is 9.09. The number of aliphatic hydroxyl groups excluding tert-OH is 1. The Bertz CT molecular complexity index is 826. The van der Waals surface area contributed by atoms with E-state index in [1.54, 1.807) is 0 Å². The van der Waals surface area contributed by atoms with Gasteiger partial charge in [0.1, 0.15) is 24.3 Å². The first kappa shape index (κ1) is 24.4. The first-order valence-electron chi connectivity index (χ1n) is 10.4. The first-order chi connectivity index (χ1) is 14.1. The van der Waals surface area contributed by atoms with Crippen molar-refractivity contribution >= 4 is 29.9 Å². The highest BCUT2D eigenvalue weighted by Crippen LogP contribution is 2.14. The lowest BCUT2D eigenvalue weighted by Crippen LogP contribution is -2.47. The van der Waals surface area contributed by atoms with Crippen molar-refractivity contribution in [3.05, 3.63) is 41.5 Å². The molecule has 166 valence electrons. The minimum absolute atomic E-state index is 0. The van der Waals surface area contributed by atoms with Gasteiger partial charge in [0.2, 0.25) is 0 Å². The molecule has 2 heterocycles. The molecule has 0 amide bonds. The number of nitrogens with one attached hydrogen (secondary N) is 2. The maximum Gasteiger partial charge on any atom is 0.191 e. The molecule has 30 heavy (non-hydrogen) atoms.